The van der Waals surface area contributed by atoms with Gasteiger partial charge in [-0.2, -0.15) is 5.10 Å². The maximum absolute atomic E-state index is 9.10. The first-order chi connectivity index (χ1) is 10.6. The second-order valence-electron chi connectivity index (χ2n) is 5.84. The van der Waals surface area contributed by atoms with Crippen LogP contribution in [0.15, 0.2) is 36.7 Å². The first-order valence-electron chi connectivity index (χ1n) is 7.69. The number of rotatable bonds is 8. The molecule has 0 fully saturated rings. The highest BCUT2D eigenvalue weighted by molar-refractivity contribution is 6.30. The average molecular weight is 322 g/mol. The summed E-state index contributed by atoms with van der Waals surface area (Å²) in [5, 5.41) is 14.2. The lowest BCUT2D eigenvalue weighted by atomic mass is 10.2. The quantitative estimate of drug-likeness (QED) is 0.809. The maximum Gasteiger partial charge on any atom is 0.0534 e. The van der Waals surface area contributed by atoms with Crippen LogP contribution in [0.3, 0.4) is 0 Å². The van der Waals surface area contributed by atoms with Crippen molar-refractivity contribution < 1.29 is 5.11 Å². The number of hydrogen-bond donors (Lipinski definition) is 1. The van der Waals surface area contributed by atoms with Gasteiger partial charge < -0.3 is 5.11 Å². The van der Waals surface area contributed by atoms with Crippen LogP contribution in [0.2, 0.25) is 5.02 Å². The van der Waals surface area contributed by atoms with Crippen LogP contribution in [-0.4, -0.2) is 32.9 Å². The van der Waals surface area contributed by atoms with Gasteiger partial charge in [0.15, 0.2) is 0 Å². The lowest BCUT2D eigenvalue weighted by Gasteiger charge is -2.21. The van der Waals surface area contributed by atoms with E-state index in [0.29, 0.717) is 6.04 Å². The number of aromatic nitrogens is 2. The zero-order valence-corrected chi connectivity index (χ0v) is 14.0. The molecule has 0 saturated heterocycles. The van der Waals surface area contributed by atoms with Crippen molar-refractivity contribution in [1.29, 1.82) is 0 Å². The number of aliphatic hydroxyl groups is 1. The molecule has 0 bridgehead atoms. The molecule has 22 heavy (non-hydrogen) atoms. The van der Waals surface area contributed by atoms with E-state index >= 15 is 0 Å². The highest BCUT2D eigenvalue weighted by atomic mass is 35.5. The standard InChI is InChI=1S/C17H24ClN3O/c1-14(2)21-13-16(10-19-21)12-20(8-3-9-22)11-15-4-6-17(18)7-5-15/h4-7,10,13-14,22H,3,8-9,11-12H2,1-2H3. The summed E-state index contributed by atoms with van der Waals surface area (Å²) in [5.74, 6) is 0. The largest absolute Gasteiger partial charge is 0.396 e. The molecule has 1 heterocycles. The summed E-state index contributed by atoms with van der Waals surface area (Å²) in [4.78, 5) is 2.32. The van der Waals surface area contributed by atoms with Crippen LogP contribution in [0.5, 0.6) is 0 Å². The molecule has 0 aliphatic carbocycles. The highest BCUT2D eigenvalue weighted by Gasteiger charge is 2.09. The number of nitrogens with zero attached hydrogens (tertiary/aromatic N) is 3. The van der Waals surface area contributed by atoms with Gasteiger partial charge in [0.1, 0.15) is 0 Å². The van der Waals surface area contributed by atoms with Gasteiger partial charge >= 0.3 is 0 Å². The normalized spacial score (nSPS) is 11.5. The van der Waals surface area contributed by atoms with Crippen molar-refractivity contribution in [3.63, 3.8) is 0 Å². The van der Waals surface area contributed by atoms with E-state index in [1.807, 2.05) is 35.1 Å². The highest BCUT2D eigenvalue weighted by Crippen LogP contribution is 2.14. The van der Waals surface area contributed by atoms with E-state index in [1.165, 1.54) is 11.1 Å². The molecule has 0 aliphatic heterocycles. The Labute approximate surface area is 137 Å². The molecule has 0 amide bonds. The molecule has 120 valence electrons. The van der Waals surface area contributed by atoms with Gasteiger partial charge in [0.25, 0.3) is 0 Å². The third-order valence-corrected chi connectivity index (χ3v) is 3.79. The van der Waals surface area contributed by atoms with Crippen LogP contribution in [0.1, 0.15) is 37.4 Å². The first kappa shape index (κ1) is 17.0. The Balaban J connectivity index is 2.02. The molecule has 1 aromatic heterocycles. The second kappa shape index (κ2) is 8.32. The van der Waals surface area contributed by atoms with Gasteiger partial charge in [-0.1, -0.05) is 23.7 Å². The van der Waals surface area contributed by atoms with E-state index in [9.17, 15) is 0 Å². The first-order valence-corrected chi connectivity index (χ1v) is 8.07. The van der Waals surface area contributed by atoms with Gasteiger partial charge in [-0.15, -0.1) is 0 Å². The van der Waals surface area contributed by atoms with Crippen LogP contribution in [0, 0.1) is 0 Å². The Bertz CT molecular complexity index is 566. The summed E-state index contributed by atoms with van der Waals surface area (Å²) in [6.45, 7) is 6.97. The van der Waals surface area contributed by atoms with E-state index < -0.39 is 0 Å². The molecule has 0 radical (unpaired) electrons. The van der Waals surface area contributed by atoms with Crippen LogP contribution in [0.25, 0.3) is 0 Å². The molecule has 0 unspecified atom stereocenters. The van der Waals surface area contributed by atoms with Gasteiger partial charge in [0, 0.05) is 49.1 Å². The van der Waals surface area contributed by atoms with Gasteiger partial charge in [-0.25, -0.2) is 0 Å². The third kappa shape index (κ3) is 5.13. The summed E-state index contributed by atoms with van der Waals surface area (Å²) < 4.78 is 1.97. The summed E-state index contributed by atoms with van der Waals surface area (Å²) in [6, 6.07) is 8.30. The summed E-state index contributed by atoms with van der Waals surface area (Å²) in [5.41, 5.74) is 2.42. The molecule has 2 aromatic rings. The van der Waals surface area contributed by atoms with E-state index in [-0.39, 0.29) is 6.61 Å². The molecule has 0 spiro atoms. The minimum absolute atomic E-state index is 0.211. The lowest BCUT2D eigenvalue weighted by molar-refractivity contribution is 0.212. The Morgan fingerprint density at radius 2 is 1.86 bits per heavy atom. The number of hydrogen-bond acceptors (Lipinski definition) is 3. The van der Waals surface area contributed by atoms with Gasteiger partial charge in [0.05, 0.1) is 6.20 Å². The van der Waals surface area contributed by atoms with Crippen molar-refractivity contribution in [1.82, 2.24) is 14.7 Å². The Morgan fingerprint density at radius 3 is 2.45 bits per heavy atom. The second-order valence-corrected chi connectivity index (χ2v) is 6.27. The average Bonchev–Trinajstić information content (AvgIpc) is 2.96. The zero-order valence-electron chi connectivity index (χ0n) is 13.2. The summed E-state index contributed by atoms with van der Waals surface area (Å²) in [7, 11) is 0. The minimum Gasteiger partial charge on any atom is -0.396 e. The van der Waals surface area contributed by atoms with Crippen molar-refractivity contribution in [2.24, 2.45) is 0 Å². The van der Waals surface area contributed by atoms with Gasteiger partial charge in [-0.05, 0) is 38.0 Å². The van der Waals surface area contributed by atoms with Crippen LogP contribution >= 0.6 is 11.6 Å². The van der Waals surface area contributed by atoms with E-state index in [0.717, 1.165) is 31.1 Å². The van der Waals surface area contributed by atoms with Crippen molar-refractivity contribution in [3.05, 3.63) is 52.8 Å². The van der Waals surface area contributed by atoms with E-state index in [1.54, 1.807) is 0 Å². The Kier molecular flexibility index (Phi) is 6.43. The SMILES string of the molecule is CC(C)n1cc(CN(CCCO)Cc2ccc(Cl)cc2)cn1. The molecule has 2 rings (SSSR count). The predicted octanol–water partition coefficient (Wildman–Crippen LogP) is 3.50. The molecule has 5 heteroatoms. The number of aliphatic hydroxyl groups excluding tert-OH is 1. The van der Waals surface area contributed by atoms with Crippen molar-refractivity contribution in [3.8, 4) is 0 Å². The number of benzene rings is 1. The molecular formula is C17H24ClN3O. The molecule has 1 aromatic carbocycles. The molecule has 0 aliphatic rings. The molecular weight excluding hydrogens is 298 g/mol. The van der Waals surface area contributed by atoms with Crippen LogP contribution in [0.4, 0.5) is 0 Å². The molecule has 0 atom stereocenters. The van der Waals surface area contributed by atoms with Gasteiger partial charge in [-0.3, -0.25) is 9.58 Å². The lowest BCUT2D eigenvalue weighted by Crippen LogP contribution is -2.24. The minimum atomic E-state index is 0.211. The zero-order chi connectivity index (χ0) is 15.9. The van der Waals surface area contributed by atoms with Crippen molar-refractivity contribution >= 4 is 11.6 Å². The maximum atomic E-state index is 9.10. The Morgan fingerprint density at radius 1 is 1.18 bits per heavy atom. The summed E-state index contributed by atoms with van der Waals surface area (Å²) >= 11 is 5.94. The van der Waals surface area contributed by atoms with Crippen molar-refractivity contribution in [2.75, 3.05) is 13.2 Å². The predicted molar refractivity (Wildman–Crippen MR) is 89.9 cm³/mol. The van der Waals surface area contributed by atoms with Crippen molar-refractivity contribution in [2.45, 2.75) is 39.4 Å². The van der Waals surface area contributed by atoms with Crippen LogP contribution in [-0.2, 0) is 13.1 Å². The summed E-state index contributed by atoms with van der Waals surface area (Å²) in [6.07, 6.45) is 4.79. The van der Waals surface area contributed by atoms with E-state index in [2.05, 4.69) is 30.0 Å². The molecule has 0 saturated carbocycles. The molecule has 4 nitrogen and oxygen atoms in total. The monoisotopic (exact) mass is 321 g/mol. The fourth-order valence-corrected chi connectivity index (χ4v) is 2.48. The smallest absolute Gasteiger partial charge is 0.0534 e. The topological polar surface area (TPSA) is 41.3 Å². The fraction of sp³-hybridized carbons (Fsp3) is 0.471. The fourth-order valence-electron chi connectivity index (χ4n) is 2.36. The number of halogens is 1. The van der Waals surface area contributed by atoms with E-state index in [4.69, 9.17) is 16.7 Å². The third-order valence-electron chi connectivity index (χ3n) is 3.54. The van der Waals surface area contributed by atoms with Gasteiger partial charge in [0.2, 0.25) is 0 Å². The van der Waals surface area contributed by atoms with Crippen LogP contribution < -0.4 is 0 Å². The Hall–Kier alpha value is -1.36. The molecule has 1 N–H and O–H groups in total.